The van der Waals surface area contributed by atoms with E-state index in [-0.39, 0.29) is 0 Å². The highest BCUT2D eigenvalue weighted by atomic mass is 16.5. The summed E-state index contributed by atoms with van der Waals surface area (Å²) in [6.07, 6.45) is 4.30. The first-order valence-electron chi connectivity index (χ1n) is 5.13. The fourth-order valence-electron chi connectivity index (χ4n) is 0.920. The molecule has 0 rings (SSSR count). The zero-order chi connectivity index (χ0) is 11.0. The van der Waals surface area contributed by atoms with E-state index in [0.29, 0.717) is 6.61 Å². The van der Waals surface area contributed by atoms with E-state index in [0.717, 1.165) is 19.3 Å². The topological polar surface area (TPSA) is 50.1 Å². The zero-order valence-electron chi connectivity index (χ0n) is 9.30. The van der Waals surface area contributed by atoms with Crippen molar-refractivity contribution in [3.63, 3.8) is 0 Å². The van der Waals surface area contributed by atoms with Crippen LogP contribution in [0, 0.1) is 16.7 Å². The molecule has 80 valence electrons. The average molecular weight is 197 g/mol. The summed E-state index contributed by atoms with van der Waals surface area (Å²) in [4.78, 5) is 11.3. The molecule has 0 fully saturated rings. The third-order valence-electron chi connectivity index (χ3n) is 2.02. The Kier molecular flexibility index (Phi) is 5.94. The van der Waals surface area contributed by atoms with Crippen LogP contribution in [0.4, 0.5) is 0 Å². The van der Waals surface area contributed by atoms with Crippen LogP contribution >= 0.6 is 0 Å². The first-order valence-corrected chi connectivity index (χ1v) is 5.13. The quantitative estimate of drug-likeness (QED) is 0.486. The van der Waals surface area contributed by atoms with Gasteiger partial charge in [0.2, 0.25) is 0 Å². The molecule has 0 bridgehead atoms. The van der Waals surface area contributed by atoms with E-state index in [2.05, 4.69) is 6.92 Å². The number of carbonyl (C=O) groups excluding carboxylic acids is 1. The Bertz CT molecular complexity index is 216. The SMILES string of the molecule is CCCCCCOC(=O)C(C)(C)C#N. The number of ether oxygens (including phenoxy) is 1. The van der Waals surface area contributed by atoms with Gasteiger partial charge in [-0.1, -0.05) is 26.2 Å². The van der Waals surface area contributed by atoms with Crippen LogP contribution in [0.15, 0.2) is 0 Å². The summed E-state index contributed by atoms with van der Waals surface area (Å²) >= 11 is 0. The second-order valence-electron chi connectivity index (χ2n) is 3.93. The second kappa shape index (κ2) is 6.42. The van der Waals surface area contributed by atoms with Crippen molar-refractivity contribution in [1.82, 2.24) is 0 Å². The molecule has 0 N–H and O–H groups in total. The van der Waals surface area contributed by atoms with Gasteiger partial charge < -0.3 is 4.74 Å². The highest BCUT2D eigenvalue weighted by molar-refractivity contribution is 5.78. The number of esters is 1. The van der Waals surface area contributed by atoms with Crippen LogP contribution in [-0.4, -0.2) is 12.6 Å². The van der Waals surface area contributed by atoms with Crippen LogP contribution in [0.5, 0.6) is 0 Å². The van der Waals surface area contributed by atoms with Crippen molar-refractivity contribution in [2.24, 2.45) is 5.41 Å². The summed E-state index contributed by atoms with van der Waals surface area (Å²) in [7, 11) is 0. The normalized spacial score (nSPS) is 10.7. The lowest BCUT2D eigenvalue weighted by atomic mass is 9.96. The van der Waals surface area contributed by atoms with Crippen LogP contribution in [-0.2, 0) is 9.53 Å². The van der Waals surface area contributed by atoms with Gasteiger partial charge in [0, 0.05) is 0 Å². The molecule has 0 amide bonds. The lowest BCUT2D eigenvalue weighted by Crippen LogP contribution is -2.25. The number of hydrogen-bond donors (Lipinski definition) is 0. The van der Waals surface area contributed by atoms with Crippen molar-refractivity contribution < 1.29 is 9.53 Å². The predicted molar refractivity (Wildman–Crippen MR) is 54.5 cm³/mol. The molecule has 0 aliphatic carbocycles. The van der Waals surface area contributed by atoms with E-state index in [1.54, 1.807) is 13.8 Å². The molecule has 0 saturated carbocycles. The number of rotatable bonds is 6. The molecule has 3 heteroatoms. The minimum absolute atomic E-state index is 0.420. The minimum Gasteiger partial charge on any atom is -0.465 e. The number of unbranched alkanes of at least 4 members (excludes halogenated alkanes) is 3. The van der Waals surface area contributed by atoms with Gasteiger partial charge in [0.1, 0.15) is 5.41 Å². The largest absolute Gasteiger partial charge is 0.465 e. The number of nitrogens with zero attached hydrogens (tertiary/aromatic N) is 1. The predicted octanol–water partition coefficient (Wildman–Crippen LogP) is 2.66. The second-order valence-corrected chi connectivity index (χ2v) is 3.93. The lowest BCUT2D eigenvalue weighted by molar-refractivity contribution is -0.150. The van der Waals surface area contributed by atoms with Crippen molar-refractivity contribution in [1.29, 1.82) is 5.26 Å². The van der Waals surface area contributed by atoms with Gasteiger partial charge >= 0.3 is 5.97 Å². The molecule has 0 spiro atoms. The summed E-state index contributed by atoms with van der Waals surface area (Å²) in [6, 6.07) is 1.92. The van der Waals surface area contributed by atoms with E-state index in [9.17, 15) is 4.79 Å². The highest BCUT2D eigenvalue weighted by Gasteiger charge is 2.28. The Morgan fingerprint density at radius 2 is 2.00 bits per heavy atom. The summed E-state index contributed by atoms with van der Waals surface area (Å²) in [5.74, 6) is -0.420. The average Bonchev–Trinajstić information content (AvgIpc) is 2.17. The fourth-order valence-corrected chi connectivity index (χ4v) is 0.920. The van der Waals surface area contributed by atoms with E-state index >= 15 is 0 Å². The smallest absolute Gasteiger partial charge is 0.325 e. The maximum Gasteiger partial charge on any atom is 0.325 e. The molecule has 0 aromatic carbocycles. The van der Waals surface area contributed by atoms with Crippen molar-refractivity contribution in [3.05, 3.63) is 0 Å². The molecule has 0 aliphatic rings. The maximum atomic E-state index is 11.3. The number of nitriles is 1. The molecule has 14 heavy (non-hydrogen) atoms. The van der Waals surface area contributed by atoms with Crippen LogP contribution < -0.4 is 0 Å². The Labute approximate surface area is 86.1 Å². The Morgan fingerprint density at radius 1 is 1.36 bits per heavy atom. The third kappa shape index (κ3) is 4.86. The minimum atomic E-state index is -1.01. The van der Waals surface area contributed by atoms with Crippen LogP contribution in [0.3, 0.4) is 0 Å². The Morgan fingerprint density at radius 3 is 2.50 bits per heavy atom. The lowest BCUT2D eigenvalue weighted by Gasteiger charge is -2.13. The van der Waals surface area contributed by atoms with E-state index in [4.69, 9.17) is 10.00 Å². The molecular formula is C11H19NO2. The van der Waals surface area contributed by atoms with Crippen molar-refractivity contribution in [3.8, 4) is 6.07 Å². The van der Waals surface area contributed by atoms with Gasteiger partial charge in [0.15, 0.2) is 0 Å². The monoisotopic (exact) mass is 197 g/mol. The molecule has 0 atom stereocenters. The summed E-state index contributed by atoms with van der Waals surface area (Å²) in [5.41, 5.74) is -1.01. The van der Waals surface area contributed by atoms with Gasteiger partial charge in [0.25, 0.3) is 0 Å². The van der Waals surface area contributed by atoms with Crippen LogP contribution in [0.2, 0.25) is 0 Å². The Balaban J connectivity index is 3.61. The van der Waals surface area contributed by atoms with Crippen molar-refractivity contribution in [2.45, 2.75) is 46.5 Å². The van der Waals surface area contributed by atoms with Crippen LogP contribution in [0.25, 0.3) is 0 Å². The Hall–Kier alpha value is -1.04. The van der Waals surface area contributed by atoms with Gasteiger partial charge in [-0.05, 0) is 20.3 Å². The van der Waals surface area contributed by atoms with Gasteiger partial charge in [-0.3, -0.25) is 4.79 Å². The molecular weight excluding hydrogens is 178 g/mol. The molecule has 0 aromatic rings. The van der Waals surface area contributed by atoms with E-state index < -0.39 is 11.4 Å². The summed E-state index contributed by atoms with van der Waals surface area (Å²) in [6.45, 7) is 5.71. The number of carbonyl (C=O) groups is 1. The standard InChI is InChI=1S/C11H19NO2/c1-4-5-6-7-8-14-10(13)11(2,3)9-12/h4-8H2,1-3H3. The molecule has 0 unspecified atom stereocenters. The molecule has 0 saturated heterocycles. The van der Waals surface area contributed by atoms with E-state index in [1.807, 2.05) is 6.07 Å². The molecule has 0 aromatic heterocycles. The van der Waals surface area contributed by atoms with Crippen LogP contribution in [0.1, 0.15) is 46.5 Å². The zero-order valence-corrected chi connectivity index (χ0v) is 9.30. The van der Waals surface area contributed by atoms with Gasteiger partial charge in [0.05, 0.1) is 12.7 Å². The van der Waals surface area contributed by atoms with Gasteiger partial charge in [-0.2, -0.15) is 5.26 Å². The van der Waals surface area contributed by atoms with Crippen molar-refractivity contribution in [2.75, 3.05) is 6.61 Å². The molecule has 0 radical (unpaired) electrons. The third-order valence-corrected chi connectivity index (χ3v) is 2.02. The first-order chi connectivity index (χ1) is 6.54. The molecule has 0 aliphatic heterocycles. The number of hydrogen-bond acceptors (Lipinski definition) is 3. The van der Waals surface area contributed by atoms with E-state index in [1.165, 1.54) is 6.42 Å². The summed E-state index contributed by atoms with van der Waals surface area (Å²) in [5, 5.41) is 8.65. The van der Waals surface area contributed by atoms with Crippen molar-refractivity contribution >= 4 is 5.97 Å². The van der Waals surface area contributed by atoms with Gasteiger partial charge in [-0.15, -0.1) is 0 Å². The molecule has 3 nitrogen and oxygen atoms in total. The maximum absolute atomic E-state index is 11.3. The molecule has 0 heterocycles. The van der Waals surface area contributed by atoms with Gasteiger partial charge in [-0.25, -0.2) is 0 Å². The summed E-state index contributed by atoms with van der Waals surface area (Å²) < 4.78 is 4.98. The highest BCUT2D eigenvalue weighted by Crippen LogP contribution is 2.15. The first kappa shape index (κ1) is 13.0. The fraction of sp³-hybridized carbons (Fsp3) is 0.818.